The Balaban J connectivity index is 1.38. The third-order valence-corrected chi connectivity index (χ3v) is 7.10. The maximum Gasteiger partial charge on any atom is 0.265 e. The molecule has 7 nitrogen and oxygen atoms in total. The van der Waals surface area contributed by atoms with E-state index in [1.54, 1.807) is 36.4 Å². The van der Waals surface area contributed by atoms with E-state index in [2.05, 4.69) is 14.9 Å². The maximum absolute atomic E-state index is 13.0. The van der Waals surface area contributed by atoms with E-state index >= 15 is 0 Å². The molecule has 0 unspecified atom stereocenters. The molecule has 0 saturated heterocycles. The first-order valence-corrected chi connectivity index (χ1v) is 11.0. The number of nitrogens with zero attached hydrogens (tertiary/aromatic N) is 3. The van der Waals surface area contributed by atoms with E-state index in [4.69, 9.17) is 0 Å². The lowest BCUT2D eigenvalue weighted by molar-refractivity contribution is -0.114. The molecule has 0 bridgehead atoms. The Morgan fingerprint density at radius 3 is 2.52 bits per heavy atom. The second-order valence-corrected chi connectivity index (χ2v) is 9.00. The number of aromatic nitrogens is 2. The molecule has 1 amide bonds. The highest BCUT2D eigenvalue weighted by atomic mass is 32.2. The van der Waals surface area contributed by atoms with Crippen LogP contribution in [0.2, 0.25) is 0 Å². The maximum atomic E-state index is 13.0. The molecule has 29 heavy (non-hydrogen) atoms. The van der Waals surface area contributed by atoms with Crippen molar-refractivity contribution in [2.24, 2.45) is 0 Å². The van der Waals surface area contributed by atoms with Crippen LogP contribution in [0.1, 0.15) is 0 Å². The number of hydrogen-bond acceptors (Lipinski definition) is 6. The third kappa shape index (κ3) is 2.95. The summed E-state index contributed by atoms with van der Waals surface area (Å²) in [5.74, 6) is -0.415. The van der Waals surface area contributed by atoms with E-state index in [1.165, 1.54) is 11.5 Å². The number of hydrogen-bond donors (Lipinski definition) is 1. The summed E-state index contributed by atoms with van der Waals surface area (Å²) in [5.41, 5.74) is 2.76. The van der Waals surface area contributed by atoms with Crippen LogP contribution in [0.3, 0.4) is 0 Å². The van der Waals surface area contributed by atoms with Gasteiger partial charge in [0.25, 0.3) is 10.0 Å². The van der Waals surface area contributed by atoms with Crippen LogP contribution in [0, 0.1) is 0 Å². The quantitative estimate of drug-likeness (QED) is 0.543. The zero-order valence-electron chi connectivity index (χ0n) is 14.9. The van der Waals surface area contributed by atoms with Crippen molar-refractivity contribution in [3.05, 3.63) is 66.0 Å². The summed E-state index contributed by atoms with van der Waals surface area (Å²) >= 11 is 1.27. The fourth-order valence-electron chi connectivity index (χ4n) is 3.47. The van der Waals surface area contributed by atoms with Crippen LogP contribution in [-0.2, 0) is 14.8 Å². The zero-order valence-corrected chi connectivity index (χ0v) is 16.6. The molecule has 144 valence electrons. The summed E-state index contributed by atoms with van der Waals surface area (Å²) in [6.07, 6.45) is 0. The topological polar surface area (TPSA) is 92.3 Å². The predicted molar refractivity (Wildman–Crippen MR) is 112 cm³/mol. The number of anilines is 2. The fourth-order valence-corrected chi connectivity index (χ4v) is 5.61. The summed E-state index contributed by atoms with van der Waals surface area (Å²) in [6.45, 7) is -0.298. The number of rotatable bonds is 4. The molecule has 0 radical (unpaired) electrons. The Bertz CT molecular complexity index is 1330. The molecule has 0 spiro atoms. The highest BCUT2D eigenvalue weighted by Crippen LogP contribution is 2.41. The van der Waals surface area contributed by atoms with Crippen LogP contribution in [-0.4, -0.2) is 30.5 Å². The number of nitrogens with one attached hydrogen (secondary N) is 1. The Morgan fingerprint density at radius 2 is 1.79 bits per heavy atom. The van der Waals surface area contributed by atoms with Crippen molar-refractivity contribution in [3.63, 3.8) is 0 Å². The van der Waals surface area contributed by atoms with Crippen molar-refractivity contribution in [1.82, 2.24) is 9.59 Å². The van der Waals surface area contributed by atoms with E-state index in [1.807, 2.05) is 29.6 Å². The summed E-state index contributed by atoms with van der Waals surface area (Å²) in [4.78, 5) is 12.8. The zero-order chi connectivity index (χ0) is 20.0. The van der Waals surface area contributed by atoms with Crippen molar-refractivity contribution in [2.75, 3.05) is 16.2 Å². The number of benzene rings is 3. The Morgan fingerprint density at radius 1 is 1.03 bits per heavy atom. The molecule has 4 aromatic rings. The predicted octanol–water partition coefficient (Wildman–Crippen LogP) is 3.51. The van der Waals surface area contributed by atoms with E-state index in [9.17, 15) is 13.2 Å². The Kier molecular flexibility index (Phi) is 4.07. The van der Waals surface area contributed by atoms with E-state index in [-0.39, 0.29) is 11.4 Å². The fraction of sp³-hybridized carbons (Fsp3) is 0.0500. The van der Waals surface area contributed by atoms with Gasteiger partial charge >= 0.3 is 0 Å². The van der Waals surface area contributed by atoms with Gasteiger partial charge in [-0.3, -0.25) is 9.10 Å². The van der Waals surface area contributed by atoms with Gasteiger partial charge in [-0.25, -0.2) is 8.42 Å². The van der Waals surface area contributed by atoms with Crippen LogP contribution in [0.15, 0.2) is 70.9 Å². The molecule has 9 heteroatoms. The van der Waals surface area contributed by atoms with Crippen molar-refractivity contribution < 1.29 is 13.2 Å². The number of amides is 1. The highest BCUT2D eigenvalue weighted by molar-refractivity contribution is 7.93. The van der Waals surface area contributed by atoms with Crippen molar-refractivity contribution in [1.29, 1.82) is 0 Å². The minimum absolute atomic E-state index is 0.236. The van der Waals surface area contributed by atoms with Gasteiger partial charge in [0.2, 0.25) is 5.91 Å². The van der Waals surface area contributed by atoms with Gasteiger partial charge in [0.1, 0.15) is 12.2 Å². The van der Waals surface area contributed by atoms with Gasteiger partial charge in [-0.15, -0.1) is 5.10 Å². The summed E-state index contributed by atoms with van der Waals surface area (Å²) in [7, 11) is -3.76. The first kappa shape index (κ1) is 17.8. The summed E-state index contributed by atoms with van der Waals surface area (Å²) in [5, 5.41) is 10.1. The van der Waals surface area contributed by atoms with Crippen LogP contribution in [0.5, 0.6) is 0 Å². The number of sulfonamides is 1. The molecule has 0 fully saturated rings. The molecule has 1 aromatic heterocycles. The highest BCUT2D eigenvalue weighted by Gasteiger charge is 2.36. The molecule has 3 aromatic carbocycles. The lowest BCUT2D eigenvalue weighted by atomic mass is 10.1. The Labute approximate surface area is 170 Å². The monoisotopic (exact) mass is 422 g/mol. The number of carbonyl (C=O) groups is 1. The van der Waals surface area contributed by atoms with Crippen LogP contribution in [0.4, 0.5) is 11.4 Å². The lowest BCUT2D eigenvalue weighted by Gasteiger charge is -2.18. The molecule has 2 heterocycles. The standard InChI is InChI=1S/C20H14N4O3S2/c25-19(21-15-9-7-13(8-10-15)16-12-28-23-22-16)11-24-17-5-1-3-14-4-2-6-18(20(14)17)29(24,26)27/h1-10,12H,11H2,(H,21,25). The van der Waals surface area contributed by atoms with Crippen molar-refractivity contribution in [3.8, 4) is 11.3 Å². The van der Waals surface area contributed by atoms with E-state index in [0.717, 1.165) is 20.9 Å². The van der Waals surface area contributed by atoms with Gasteiger partial charge in [0, 0.05) is 22.0 Å². The van der Waals surface area contributed by atoms with Crippen LogP contribution < -0.4 is 9.62 Å². The normalized spacial score (nSPS) is 14.3. The molecule has 1 N–H and O–H groups in total. The molecule has 0 saturated carbocycles. The minimum Gasteiger partial charge on any atom is -0.325 e. The molecule has 1 aliphatic heterocycles. The van der Waals surface area contributed by atoms with E-state index < -0.39 is 15.9 Å². The third-order valence-electron chi connectivity index (χ3n) is 4.79. The van der Waals surface area contributed by atoms with Gasteiger partial charge in [0.05, 0.1) is 10.6 Å². The second-order valence-electron chi connectivity index (χ2n) is 6.56. The lowest BCUT2D eigenvalue weighted by Crippen LogP contribution is -2.35. The molecular formula is C20H14N4O3S2. The van der Waals surface area contributed by atoms with Crippen LogP contribution >= 0.6 is 11.5 Å². The summed E-state index contributed by atoms with van der Waals surface area (Å²) in [6, 6.07) is 17.7. The summed E-state index contributed by atoms with van der Waals surface area (Å²) < 4.78 is 30.9. The van der Waals surface area contributed by atoms with Crippen molar-refractivity contribution >= 4 is 49.6 Å². The molecule has 5 rings (SSSR count). The first-order chi connectivity index (χ1) is 14.0. The van der Waals surface area contributed by atoms with Crippen LogP contribution in [0.25, 0.3) is 22.0 Å². The minimum atomic E-state index is -3.76. The molecule has 1 aliphatic rings. The molecule has 0 aliphatic carbocycles. The Hall–Kier alpha value is -3.30. The first-order valence-electron chi connectivity index (χ1n) is 8.76. The largest absolute Gasteiger partial charge is 0.325 e. The molecular weight excluding hydrogens is 408 g/mol. The average molecular weight is 422 g/mol. The smallest absolute Gasteiger partial charge is 0.265 e. The molecule has 0 atom stereocenters. The number of carbonyl (C=O) groups excluding carboxylic acids is 1. The van der Waals surface area contributed by atoms with Gasteiger partial charge in [-0.05, 0) is 41.2 Å². The van der Waals surface area contributed by atoms with Gasteiger partial charge in [-0.1, -0.05) is 40.9 Å². The van der Waals surface area contributed by atoms with Crippen molar-refractivity contribution in [2.45, 2.75) is 4.90 Å². The van der Waals surface area contributed by atoms with Gasteiger partial charge in [-0.2, -0.15) is 0 Å². The van der Waals surface area contributed by atoms with Gasteiger partial charge in [0.15, 0.2) is 0 Å². The SMILES string of the molecule is O=C(CN1c2cccc3cccc(c23)S1(=O)=O)Nc1ccc(-c2csnn2)cc1. The van der Waals surface area contributed by atoms with Gasteiger partial charge < -0.3 is 5.32 Å². The average Bonchev–Trinajstić information content (AvgIpc) is 3.32. The second kappa shape index (κ2) is 6.64. The van der Waals surface area contributed by atoms with E-state index in [0.29, 0.717) is 16.8 Å².